The molecule has 1 aromatic rings. The number of methoxy groups -OCH3 is 1. The summed E-state index contributed by atoms with van der Waals surface area (Å²) in [6.45, 7) is -0.913. The lowest BCUT2D eigenvalue weighted by Gasteiger charge is -2.21. The lowest BCUT2D eigenvalue weighted by molar-refractivity contribution is -0.149. The third-order valence-electron chi connectivity index (χ3n) is 3.28. The van der Waals surface area contributed by atoms with E-state index in [0.29, 0.717) is 7.14 Å². The number of ether oxygens (including phenoxy) is 1. The van der Waals surface area contributed by atoms with Gasteiger partial charge in [-0.15, -0.1) is 0 Å². The number of nitrogens with one attached hydrogen (secondary N) is 1. The van der Waals surface area contributed by atoms with Crippen LogP contribution < -0.4 is 11.1 Å². The van der Waals surface area contributed by atoms with Crippen LogP contribution in [0.2, 0.25) is 0 Å². The molecule has 0 saturated carbocycles. The van der Waals surface area contributed by atoms with E-state index in [0.717, 1.165) is 4.90 Å². The van der Waals surface area contributed by atoms with Crippen LogP contribution in [0.3, 0.4) is 0 Å². The van der Waals surface area contributed by atoms with Gasteiger partial charge in [-0.1, -0.05) is 0 Å². The summed E-state index contributed by atoms with van der Waals surface area (Å²) in [5, 5.41) is 11.3. The summed E-state index contributed by atoms with van der Waals surface area (Å²) in [6, 6.07) is 0. The van der Waals surface area contributed by atoms with Crippen LogP contribution in [0.4, 0.5) is 5.69 Å². The monoisotopic (exact) mass is 729 g/mol. The summed E-state index contributed by atoms with van der Waals surface area (Å²) in [5.41, 5.74) is 5.68. The average molecular weight is 729 g/mol. The molecule has 10 nitrogen and oxygen atoms in total. The number of aliphatic carboxylic acids is 1. The molecule has 0 radical (unpaired) electrons. The minimum Gasteiger partial charge on any atom is -0.475 e. The van der Waals surface area contributed by atoms with Gasteiger partial charge in [-0.2, -0.15) is 0 Å². The zero-order valence-electron chi connectivity index (χ0n) is 14.5. The molecule has 152 valence electrons. The van der Waals surface area contributed by atoms with Crippen molar-refractivity contribution in [2.45, 2.75) is 0 Å². The molecule has 0 aliphatic rings. The average Bonchev–Trinajstić information content (AvgIpc) is 2.58. The summed E-state index contributed by atoms with van der Waals surface area (Å²) in [4.78, 5) is 59.9. The minimum absolute atomic E-state index is 0.0174. The van der Waals surface area contributed by atoms with Crippen LogP contribution in [0.25, 0.3) is 0 Å². The number of nitrogens with zero attached hydrogens (tertiary/aromatic N) is 1. The van der Waals surface area contributed by atoms with Crippen molar-refractivity contribution in [1.29, 1.82) is 0 Å². The van der Waals surface area contributed by atoms with E-state index in [9.17, 15) is 24.0 Å². The fourth-order valence-electron chi connectivity index (χ4n) is 2.03. The number of rotatable bonds is 8. The van der Waals surface area contributed by atoms with Crippen molar-refractivity contribution in [2.24, 2.45) is 5.73 Å². The first-order chi connectivity index (χ1) is 12.9. The first-order valence-corrected chi connectivity index (χ1v) is 10.5. The zero-order valence-corrected chi connectivity index (χ0v) is 20.9. The number of carbonyl (C=O) groups is 5. The Bertz CT molecular complexity index is 873. The van der Waals surface area contributed by atoms with Crippen molar-refractivity contribution in [3.63, 3.8) is 0 Å². The van der Waals surface area contributed by atoms with E-state index in [2.05, 4.69) is 5.32 Å². The molecule has 0 heterocycles. The van der Waals surface area contributed by atoms with Crippen molar-refractivity contribution >= 4 is 103 Å². The maximum Gasteiger partial charge on any atom is 0.374 e. The van der Waals surface area contributed by atoms with Crippen LogP contribution in [0, 0.1) is 10.7 Å². The predicted octanol–water partition coefficient (Wildman–Crippen LogP) is 0.910. The van der Waals surface area contributed by atoms with Crippen molar-refractivity contribution in [2.75, 3.05) is 32.6 Å². The number of carboxylic acid groups (broad SMARTS) is 1. The number of carboxylic acids is 1. The highest BCUT2D eigenvalue weighted by Gasteiger charge is 2.30. The fourth-order valence-corrected chi connectivity index (χ4v) is 6.46. The standard InChI is InChI=1S/C15H14I3N3O7/c1-21(3-5(22)15(26)27)14(25)8-9(16)7(13(19)24)10(17)12(11(8)18)20-6(23)4-28-2/h3-4H2,1-2H3,(H2,19,24)(H,20,23)(H,26,27). The number of hydrogen-bond acceptors (Lipinski definition) is 6. The Morgan fingerprint density at radius 3 is 2.07 bits per heavy atom. The molecule has 1 aromatic carbocycles. The number of primary amides is 1. The highest BCUT2D eigenvalue weighted by molar-refractivity contribution is 14.1. The number of amides is 3. The Labute approximate surface area is 200 Å². The summed E-state index contributed by atoms with van der Waals surface area (Å²) < 4.78 is 5.63. The van der Waals surface area contributed by atoms with E-state index in [1.807, 2.05) is 45.2 Å². The van der Waals surface area contributed by atoms with Gasteiger partial charge in [-0.3, -0.25) is 19.2 Å². The van der Waals surface area contributed by atoms with Gasteiger partial charge in [0.15, 0.2) is 0 Å². The van der Waals surface area contributed by atoms with Crippen LogP contribution in [-0.4, -0.2) is 66.8 Å². The first-order valence-electron chi connectivity index (χ1n) is 7.24. The first kappa shape index (κ1) is 25.0. The molecule has 4 N–H and O–H groups in total. The fraction of sp³-hybridized carbons (Fsp3) is 0.267. The summed E-state index contributed by atoms with van der Waals surface area (Å²) in [5.74, 6) is -4.87. The molecule has 0 aliphatic heterocycles. The van der Waals surface area contributed by atoms with Gasteiger partial charge >= 0.3 is 5.97 Å². The van der Waals surface area contributed by atoms with Gasteiger partial charge < -0.3 is 25.8 Å². The number of nitrogens with two attached hydrogens (primary N) is 1. The van der Waals surface area contributed by atoms with E-state index < -0.39 is 36.0 Å². The minimum atomic E-state index is -1.67. The molecule has 0 bridgehead atoms. The Balaban J connectivity index is 3.56. The van der Waals surface area contributed by atoms with E-state index in [1.54, 1.807) is 22.6 Å². The number of anilines is 1. The zero-order chi connectivity index (χ0) is 21.8. The second-order valence-corrected chi connectivity index (χ2v) is 8.54. The Morgan fingerprint density at radius 1 is 1.07 bits per heavy atom. The topological polar surface area (TPSA) is 156 Å². The van der Waals surface area contributed by atoms with Crippen molar-refractivity contribution < 1.29 is 33.8 Å². The summed E-state index contributed by atoms with van der Waals surface area (Å²) >= 11 is 5.43. The highest BCUT2D eigenvalue weighted by atomic mass is 127. The lowest BCUT2D eigenvalue weighted by atomic mass is 10.1. The van der Waals surface area contributed by atoms with Gasteiger partial charge in [0.25, 0.3) is 17.6 Å². The number of ketones is 1. The van der Waals surface area contributed by atoms with Crippen LogP contribution in [0.15, 0.2) is 0 Å². The molecule has 1 rings (SSSR count). The third-order valence-corrected chi connectivity index (χ3v) is 6.52. The number of likely N-dealkylation sites (N-methyl/N-ethyl adjacent to an activating group) is 1. The van der Waals surface area contributed by atoms with Crippen LogP contribution in [-0.2, 0) is 19.1 Å². The van der Waals surface area contributed by atoms with E-state index >= 15 is 0 Å². The van der Waals surface area contributed by atoms with Crippen LogP contribution in [0.1, 0.15) is 20.7 Å². The molecule has 28 heavy (non-hydrogen) atoms. The molecule has 0 saturated heterocycles. The Morgan fingerprint density at radius 2 is 1.61 bits per heavy atom. The van der Waals surface area contributed by atoms with Crippen LogP contribution in [0.5, 0.6) is 0 Å². The largest absolute Gasteiger partial charge is 0.475 e. The molecule has 0 unspecified atom stereocenters. The van der Waals surface area contributed by atoms with Gasteiger partial charge in [0.2, 0.25) is 5.91 Å². The summed E-state index contributed by atoms with van der Waals surface area (Å²) in [6.07, 6.45) is 0. The Hall–Kier alpha value is -1.08. The summed E-state index contributed by atoms with van der Waals surface area (Å²) in [7, 11) is 2.59. The number of halogens is 3. The number of Topliss-reactive ketones (excluding diaryl/α,β-unsaturated/α-hetero) is 1. The molecular formula is C15H14I3N3O7. The van der Waals surface area contributed by atoms with Crippen molar-refractivity contribution in [1.82, 2.24) is 4.90 Å². The number of benzene rings is 1. The second kappa shape index (κ2) is 10.6. The molecule has 0 atom stereocenters. The maximum atomic E-state index is 12.9. The Kier molecular flexibility index (Phi) is 9.47. The van der Waals surface area contributed by atoms with E-state index in [-0.39, 0.29) is 27.0 Å². The van der Waals surface area contributed by atoms with E-state index in [4.69, 9.17) is 15.6 Å². The molecule has 0 aromatic heterocycles. The number of carbonyl (C=O) groups excluding carboxylic acids is 4. The van der Waals surface area contributed by atoms with Gasteiger partial charge in [-0.25, -0.2) is 4.79 Å². The SMILES string of the molecule is COCC(=O)Nc1c(I)c(C(N)=O)c(I)c(C(=O)N(C)CC(=O)C(=O)O)c1I. The van der Waals surface area contributed by atoms with Crippen molar-refractivity contribution in [3.8, 4) is 0 Å². The normalized spacial score (nSPS) is 10.3. The highest BCUT2D eigenvalue weighted by Crippen LogP contribution is 2.36. The van der Waals surface area contributed by atoms with Crippen LogP contribution >= 0.6 is 67.8 Å². The van der Waals surface area contributed by atoms with Gasteiger partial charge in [0.1, 0.15) is 6.61 Å². The van der Waals surface area contributed by atoms with Gasteiger partial charge in [-0.05, 0) is 67.8 Å². The second-order valence-electron chi connectivity index (χ2n) is 5.30. The smallest absolute Gasteiger partial charge is 0.374 e. The molecular weight excluding hydrogens is 715 g/mol. The van der Waals surface area contributed by atoms with Crippen molar-refractivity contribution in [3.05, 3.63) is 21.8 Å². The molecule has 3 amide bonds. The van der Waals surface area contributed by atoms with E-state index in [1.165, 1.54) is 14.2 Å². The molecule has 0 aliphatic carbocycles. The predicted molar refractivity (Wildman–Crippen MR) is 123 cm³/mol. The molecule has 13 heteroatoms. The third kappa shape index (κ3) is 5.72. The quantitative estimate of drug-likeness (QED) is 0.266. The van der Waals surface area contributed by atoms with Gasteiger partial charge in [0, 0.05) is 17.7 Å². The molecule has 0 spiro atoms. The molecule has 0 fully saturated rings. The lowest BCUT2D eigenvalue weighted by Crippen LogP contribution is -2.36. The van der Waals surface area contributed by atoms with Gasteiger partial charge in [0.05, 0.1) is 30.5 Å². The number of hydrogen-bond donors (Lipinski definition) is 3. The maximum absolute atomic E-state index is 12.9.